The van der Waals surface area contributed by atoms with Gasteiger partial charge in [-0.3, -0.25) is 14.5 Å². The maximum Gasteiger partial charge on any atom is 0.294 e. The SMILES string of the molecule is O=C(C1=C(O)C(=O)N(c2ccc(Nc3ccccc3)cc2)C1c1ccc(O)cc1)c1ccco1. The number of aromatic hydroxyl groups is 1. The highest BCUT2D eigenvalue weighted by molar-refractivity contribution is 6.20. The first-order valence-electron chi connectivity index (χ1n) is 10.6. The van der Waals surface area contributed by atoms with Crippen molar-refractivity contribution in [3.8, 4) is 5.75 Å². The molecule has 3 aromatic carbocycles. The van der Waals surface area contributed by atoms with Crippen molar-refractivity contribution in [1.29, 1.82) is 0 Å². The molecule has 1 unspecified atom stereocenters. The fourth-order valence-electron chi connectivity index (χ4n) is 4.01. The summed E-state index contributed by atoms with van der Waals surface area (Å²) in [6.45, 7) is 0. The number of aliphatic hydroxyl groups is 1. The second-order valence-electron chi connectivity index (χ2n) is 7.78. The van der Waals surface area contributed by atoms with Crippen LogP contribution < -0.4 is 10.2 Å². The van der Waals surface area contributed by atoms with Crippen LogP contribution in [0.25, 0.3) is 0 Å². The summed E-state index contributed by atoms with van der Waals surface area (Å²) >= 11 is 0. The smallest absolute Gasteiger partial charge is 0.294 e. The molecule has 7 heteroatoms. The topological polar surface area (TPSA) is 103 Å². The number of phenolic OH excluding ortho intramolecular Hbond substituents is 1. The van der Waals surface area contributed by atoms with Crippen LogP contribution in [0.2, 0.25) is 0 Å². The van der Waals surface area contributed by atoms with E-state index in [9.17, 15) is 19.8 Å². The number of benzene rings is 3. The van der Waals surface area contributed by atoms with E-state index in [0.717, 1.165) is 11.4 Å². The van der Waals surface area contributed by atoms with Crippen LogP contribution in [0.3, 0.4) is 0 Å². The molecular weight excluding hydrogens is 432 g/mol. The summed E-state index contributed by atoms with van der Waals surface area (Å²) in [5.41, 5.74) is 2.69. The first-order valence-corrected chi connectivity index (χ1v) is 10.6. The number of carbonyl (C=O) groups is 2. The number of aliphatic hydroxyl groups excluding tert-OH is 1. The Morgan fingerprint density at radius 1 is 0.824 bits per heavy atom. The molecule has 1 atom stereocenters. The number of amides is 1. The van der Waals surface area contributed by atoms with E-state index in [2.05, 4.69) is 5.32 Å². The Kier molecular flexibility index (Phi) is 5.35. The Bertz CT molecular complexity index is 1360. The molecule has 3 N–H and O–H groups in total. The highest BCUT2D eigenvalue weighted by Crippen LogP contribution is 2.42. The third-order valence-electron chi connectivity index (χ3n) is 5.61. The van der Waals surface area contributed by atoms with Gasteiger partial charge in [0.15, 0.2) is 11.5 Å². The Hall–Kier alpha value is -4.78. The van der Waals surface area contributed by atoms with E-state index in [1.54, 1.807) is 30.3 Å². The molecule has 34 heavy (non-hydrogen) atoms. The Labute approximate surface area is 195 Å². The Balaban J connectivity index is 1.53. The van der Waals surface area contributed by atoms with Crippen LogP contribution in [0.1, 0.15) is 22.2 Å². The molecule has 5 rings (SSSR count). The molecule has 1 aliphatic heterocycles. The van der Waals surface area contributed by atoms with E-state index in [1.807, 2.05) is 42.5 Å². The molecule has 0 radical (unpaired) electrons. The summed E-state index contributed by atoms with van der Waals surface area (Å²) in [5.74, 6) is -1.85. The average Bonchev–Trinajstić information content (AvgIpc) is 3.48. The number of nitrogens with one attached hydrogen (secondary N) is 1. The van der Waals surface area contributed by atoms with Crippen molar-refractivity contribution in [1.82, 2.24) is 0 Å². The van der Waals surface area contributed by atoms with E-state index in [4.69, 9.17) is 4.42 Å². The van der Waals surface area contributed by atoms with Gasteiger partial charge in [-0.1, -0.05) is 30.3 Å². The molecule has 0 aliphatic carbocycles. The Morgan fingerprint density at radius 2 is 1.50 bits per heavy atom. The predicted octanol–water partition coefficient (Wildman–Crippen LogP) is 5.51. The number of ketones is 1. The van der Waals surface area contributed by atoms with E-state index in [-0.39, 0.29) is 17.1 Å². The van der Waals surface area contributed by atoms with Gasteiger partial charge >= 0.3 is 0 Å². The van der Waals surface area contributed by atoms with Crippen molar-refractivity contribution in [3.63, 3.8) is 0 Å². The van der Waals surface area contributed by atoms with Crippen molar-refractivity contribution in [2.75, 3.05) is 10.2 Å². The van der Waals surface area contributed by atoms with Crippen LogP contribution in [0.15, 0.2) is 113 Å². The fourth-order valence-corrected chi connectivity index (χ4v) is 4.01. The van der Waals surface area contributed by atoms with Crippen molar-refractivity contribution in [3.05, 3.63) is 120 Å². The minimum absolute atomic E-state index is 0.0161. The molecule has 1 aromatic heterocycles. The average molecular weight is 452 g/mol. The third kappa shape index (κ3) is 3.80. The second kappa shape index (κ2) is 8.63. The third-order valence-corrected chi connectivity index (χ3v) is 5.61. The number of phenols is 1. The van der Waals surface area contributed by atoms with Crippen molar-refractivity contribution in [2.45, 2.75) is 6.04 Å². The van der Waals surface area contributed by atoms with E-state index >= 15 is 0 Å². The van der Waals surface area contributed by atoms with Crippen LogP contribution in [-0.2, 0) is 4.79 Å². The van der Waals surface area contributed by atoms with Gasteiger partial charge in [-0.2, -0.15) is 0 Å². The number of furan rings is 1. The lowest BCUT2D eigenvalue weighted by Gasteiger charge is -2.27. The number of anilines is 3. The molecular formula is C27H20N2O5. The molecule has 1 amide bonds. The normalized spacial score (nSPS) is 15.6. The molecule has 1 aliphatic rings. The highest BCUT2D eigenvalue weighted by atomic mass is 16.3. The lowest BCUT2D eigenvalue weighted by Crippen LogP contribution is -2.31. The molecule has 0 saturated heterocycles. The lowest BCUT2D eigenvalue weighted by atomic mass is 9.94. The van der Waals surface area contributed by atoms with Gasteiger partial charge in [-0.25, -0.2) is 0 Å². The largest absolute Gasteiger partial charge is 0.508 e. The number of rotatable bonds is 6. The number of carbonyl (C=O) groups excluding carboxylic acids is 2. The zero-order valence-electron chi connectivity index (χ0n) is 17.9. The van der Waals surface area contributed by atoms with Crippen LogP contribution in [0.5, 0.6) is 5.75 Å². The minimum Gasteiger partial charge on any atom is -0.508 e. The monoisotopic (exact) mass is 452 g/mol. The van der Waals surface area contributed by atoms with Gasteiger partial charge < -0.3 is 19.9 Å². The van der Waals surface area contributed by atoms with Crippen LogP contribution in [0, 0.1) is 0 Å². The number of para-hydroxylation sites is 1. The number of nitrogens with zero attached hydrogens (tertiary/aromatic N) is 1. The van der Waals surface area contributed by atoms with Crippen molar-refractivity contribution < 1.29 is 24.2 Å². The number of hydrogen-bond acceptors (Lipinski definition) is 6. The Morgan fingerprint density at radius 3 is 2.15 bits per heavy atom. The number of hydrogen-bond donors (Lipinski definition) is 3. The summed E-state index contributed by atoms with van der Waals surface area (Å²) in [5, 5.41) is 23.8. The summed E-state index contributed by atoms with van der Waals surface area (Å²) in [6, 6.07) is 25.1. The molecule has 0 spiro atoms. The van der Waals surface area contributed by atoms with Gasteiger partial charge in [-0.15, -0.1) is 0 Å². The number of Topliss-reactive ketones (excluding diaryl/α,β-unsaturated/α-hetero) is 1. The van der Waals surface area contributed by atoms with Crippen LogP contribution >= 0.6 is 0 Å². The standard InChI is InChI=1S/C27H20N2O5/c30-21-14-8-17(9-15-21)24-23(25(31)22-7-4-16-34-22)26(32)27(33)29(24)20-12-10-19(11-13-20)28-18-5-2-1-3-6-18/h1-16,24,28,30,32H. The van der Waals surface area contributed by atoms with E-state index in [0.29, 0.717) is 11.3 Å². The van der Waals surface area contributed by atoms with Gasteiger partial charge in [0.2, 0.25) is 5.78 Å². The zero-order valence-corrected chi connectivity index (χ0v) is 17.9. The van der Waals surface area contributed by atoms with Gasteiger partial charge in [0.05, 0.1) is 17.9 Å². The second-order valence-corrected chi connectivity index (χ2v) is 7.78. The zero-order chi connectivity index (χ0) is 23.7. The van der Waals surface area contributed by atoms with Gasteiger partial charge in [0.1, 0.15) is 5.75 Å². The molecule has 0 fully saturated rings. The first-order chi connectivity index (χ1) is 16.5. The van der Waals surface area contributed by atoms with Crippen LogP contribution in [-0.4, -0.2) is 21.9 Å². The fraction of sp³-hybridized carbons (Fsp3) is 0.0370. The minimum atomic E-state index is -0.904. The highest BCUT2D eigenvalue weighted by Gasteiger charge is 2.45. The summed E-state index contributed by atoms with van der Waals surface area (Å²) in [7, 11) is 0. The lowest BCUT2D eigenvalue weighted by molar-refractivity contribution is -0.117. The molecule has 168 valence electrons. The summed E-state index contributed by atoms with van der Waals surface area (Å²) in [6.07, 6.45) is 1.35. The molecule has 4 aromatic rings. The predicted molar refractivity (Wildman–Crippen MR) is 127 cm³/mol. The van der Waals surface area contributed by atoms with Crippen molar-refractivity contribution >= 4 is 28.8 Å². The molecule has 2 heterocycles. The van der Waals surface area contributed by atoms with E-state index < -0.39 is 23.5 Å². The van der Waals surface area contributed by atoms with Gasteiger partial charge in [0, 0.05) is 17.1 Å². The molecule has 7 nitrogen and oxygen atoms in total. The van der Waals surface area contributed by atoms with Gasteiger partial charge in [-0.05, 0) is 66.2 Å². The summed E-state index contributed by atoms with van der Waals surface area (Å²) in [4.78, 5) is 27.8. The first kappa shape index (κ1) is 21.1. The van der Waals surface area contributed by atoms with Crippen LogP contribution in [0.4, 0.5) is 17.1 Å². The molecule has 0 bridgehead atoms. The summed E-state index contributed by atoms with van der Waals surface area (Å²) < 4.78 is 5.23. The maximum atomic E-state index is 13.2. The van der Waals surface area contributed by atoms with Gasteiger partial charge in [0.25, 0.3) is 5.91 Å². The van der Waals surface area contributed by atoms with Crippen molar-refractivity contribution in [2.24, 2.45) is 0 Å². The maximum absolute atomic E-state index is 13.2. The van der Waals surface area contributed by atoms with E-state index in [1.165, 1.54) is 29.4 Å². The molecule has 0 saturated carbocycles. The quantitative estimate of drug-likeness (QED) is 0.333.